The van der Waals surface area contributed by atoms with Crippen molar-refractivity contribution in [1.82, 2.24) is 10.6 Å². The Hall–Kier alpha value is -0.570. The average Bonchev–Trinajstić information content (AvgIpc) is 2.70. The van der Waals surface area contributed by atoms with Crippen LogP contribution in [0.15, 0.2) is 0 Å². The van der Waals surface area contributed by atoms with Crippen LogP contribution in [0.5, 0.6) is 0 Å². The average molecular weight is 238 g/mol. The molecule has 2 fully saturated rings. The predicted octanol–water partition coefficient (Wildman–Crippen LogP) is 2.07. The fourth-order valence-corrected chi connectivity index (χ4v) is 3.18. The first kappa shape index (κ1) is 12.9. The molecule has 2 aliphatic rings. The third-order valence-electron chi connectivity index (χ3n) is 4.78. The number of carbonyl (C=O) groups is 1. The molecule has 17 heavy (non-hydrogen) atoms. The van der Waals surface area contributed by atoms with Gasteiger partial charge in [-0.2, -0.15) is 0 Å². The Balaban J connectivity index is 2.03. The molecule has 1 aliphatic heterocycles. The first-order valence-electron chi connectivity index (χ1n) is 7.10. The van der Waals surface area contributed by atoms with Gasteiger partial charge in [0.25, 0.3) is 0 Å². The zero-order valence-electron chi connectivity index (χ0n) is 11.4. The molecule has 0 aromatic carbocycles. The molecule has 0 aromatic heterocycles. The van der Waals surface area contributed by atoms with Crippen molar-refractivity contribution in [2.24, 2.45) is 11.8 Å². The van der Waals surface area contributed by atoms with Gasteiger partial charge in [-0.05, 0) is 31.7 Å². The van der Waals surface area contributed by atoms with E-state index in [1.807, 2.05) is 6.92 Å². The summed E-state index contributed by atoms with van der Waals surface area (Å²) >= 11 is 0. The molecule has 3 nitrogen and oxygen atoms in total. The van der Waals surface area contributed by atoms with Crippen molar-refractivity contribution in [3.63, 3.8) is 0 Å². The van der Waals surface area contributed by atoms with Gasteiger partial charge in [-0.3, -0.25) is 4.79 Å². The van der Waals surface area contributed by atoms with Gasteiger partial charge in [0.2, 0.25) is 5.91 Å². The lowest BCUT2D eigenvalue weighted by Gasteiger charge is -2.40. The molecular formula is C14H26N2O. The monoisotopic (exact) mass is 238 g/mol. The number of rotatable bonds is 3. The van der Waals surface area contributed by atoms with Crippen LogP contribution in [-0.2, 0) is 4.79 Å². The highest BCUT2D eigenvalue weighted by molar-refractivity contribution is 5.79. The summed E-state index contributed by atoms with van der Waals surface area (Å²) in [5, 5.41) is 6.93. The normalized spacial score (nSPS) is 34.5. The van der Waals surface area contributed by atoms with Crippen molar-refractivity contribution in [1.29, 1.82) is 0 Å². The second-order valence-corrected chi connectivity index (χ2v) is 6.18. The quantitative estimate of drug-likeness (QED) is 0.790. The summed E-state index contributed by atoms with van der Waals surface area (Å²) in [5.41, 5.74) is 0.0679. The Labute approximate surface area is 105 Å². The number of nitrogens with one attached hydrogen (secondary N) is 2. The summed E-state index contributed by atoms with van der Waals surface area (Å²) < 4.78 is 0. The van der Waals surface area contributed by atoms with Crippen LogP contribution in [-0.4, -0.2) is 24.0 Å². The van der Waals surface area contributed by atoms with Gasteiger partial charge in [0, 0.05) is 12.0 Å². The fourth-order valence-electron chi connectivity index (χ4n) is 3.18. The standard InChI is InChI=1S/C14H26N2O/c1-10(2)11(3)13(17)16-14-7-5-4-6-12(14)15-9-8-14/h10-12,15H,4-9H2,1-3H3,(H,16,17). The molecule has 1 saturated heterocycles. The molecule has 1 amide bonds. The minimum atomic E-state index is 0.0679. The van der Waals surface area contributed by atoms with Gasteiger partial charge in [-0.1, -0.05) is 33.6 Å². The molecule has 1 aliphatic carbocycles. The van der Waals surface area contributed by atoms with Gasteiger partial charge in [0.1, 0.15) is 0 Å². The molecule has 1 heterocycles. The van der Waals surface area contributed by atoms with Crippen molar-refractivity contribution >= 4 is 5.91 Å². The molecule has 1 saturated carbocycles. The highest BCUT2D eigenvalue weighted by Gasteiger charge is 2.45. The summed E-state index contributed by atoms with van der Waals surface area (Å²) in [7, 11) is 0. The van der Waals surface area contributed by atoms with Crippen LogP contribution in [0.3, 0.4) is 0 Å². The summed E-state index contributed by atoms with van der Waals surface area (Å²) in [4.78, 5) is 12.3. The molecule has 3 atom stereocenters. The maximum Gasteiger partial charge on any atom is 0.223 e. The van der Waals surface area contributed by atoms with Crippen molar-refractivity contribution in [2.75, 3.05) is 6.54 Å². The number of amides is 1. The van der Waals surface area contributed by atoms with Gasteiger partial charge in [-0.15, -0.1) is 0 Å². The van der Waals surface area contributed by atoms with Crippen LogP contribution < -0.4 is 10.6 Å². The first-order chi connectivity index (χ1) is 8.05. The van der Waals surface area contributed by atoms with Crippen molar-refractivity contribution in [2.45, 2.75) is 64.5 Å². The topological polar surface area (TPSA) is 41.1 Å². The summed E-state index contributed by atoms with van der Waals surface area (Å²) in [5.74, 6) is 0.783. The van der Waals surface area contributed by atoms with Gasteiger partial charge >= 0.3 is 0 Å². The molecule has 3 unspecified atom stereocenters. The lowest BCUT2D eigenvalue weighted by Crippen LogP contribution is -2.58. The van der Waals surface area contributed by atoms with Gasteiger partial charge < -0.3 is 10.6 Å². The zero-order chi connectivity index (χ0) is 12.5. The van der Waals surface area contributed by atoms with Crippen molar-refractivity contribution in [3.8, 4) is 0 Å². The van der Waals surface area contributed by atoms with E-state index in [1.54, 1.807) is 0 Å². The Morgan fingerprint density at radius 1 is 1.29 bits per heavy atom. The number of hydrogen-bond donors (Lipinski definition) is 2. The third kappa shape index (κ3) is 2.49. The Morgan fingerprint density at radius 3 is 2.76 bits per heavy atom. The molecule has 0 bridgehead atoms. The van der Waals surface area contributed by atoms with Gasteiger partial charge in [0.05, 0.1) is 5.54 Å². The lowest BCUT2D eigenvalue weighted by molar-refractivity contribution is -0.128. The Morgan fingerprint density at radius 2 is 2.06 bits per heavy atom. The number of fused-ring (bicyclic) bond motifs is 1. The SMILES string of the molecule is CC(C)C(C)C(=O)NC12CCCCC1NCC2. The molecule has 3 heteroatoms. The van der Waals surface area contributed by atoms with E-state index in [4.69, 9.17) is 0 Å². The first-order valence-corrected chi connectivity index (χ1v) is 7.10. The van der Waals surface area contributed by atoms with Gasteiger partial charge in [-0.25, -0.2) is 0 Å². The smallest absolute Gasteiger partial charge is 0.223 e. The van der Waals surface area contributed by atoms with E-state index in [1.165, 1.54) is 19.3 Å². The molecule has 0 radical (unpaired) electrons. The van der Waals surface area contributed by atoms with Crippen LogP contribution in [0.4, 0.5) is 0 Å². The van der Waals surface area contributed by atoms with E-state index in [0.717, 1.165) is 19.4 Å². The number of hydrogen-bond acceptors (Lipinski definition) is 2. The highest BCUT2D eigenvalue weighted by atomic mass is 16.2. The number of carbonyl (C=O) groups excluding carboxylic acids is 1. The van der Waals surface area contributed by atoms with Crippen molar-refractivity contribution < 1.29 is 4.79 Å². The van der Waals surface area contributed by atoms with E-state index in [-0.39, 0.29) is 17.4 Å². The minimum Gasteiger partial charge on any atom is -0.349 e. The van der Waals surface area contributed by atoms with E-state index < -0.39 is 0 Å². The van der Waals surface area contributed by atoms with Crippen LogP contribution >= 0.6 is 0 Å². The van der Waals surface area contributed by atoms with E-state index >= 15 is 0 Å². The van der Waals surface area contributed by atoms with E-state index in [0.29, 0.717) is 12.0 Å². The summed E-state index contributed by atoms with van der Waals surface area (Å²) in [6.45, 7) is 7.33. The maximum atomic E-state index is 12.3. The van der Waals surface area contributed by atoms with E-state index in [2.05, 4.69) is 24.5 Å². The Bertz CT molecular complexity index is 290. The lowest BCUT2D eigenvalue weighted by atomic mass is 9.77. The van der Waals surface area contributed by atoms with Crippen LogP contribution in [0.25, 0.3) is 0 Å². The predicted molar refractivity (Wildman–Crippen MR) is 69.8 cm³/mol. The second-order valence-electron chi connectivity index (χ2n) is 6.18. The summed E-state index contributed by atoms with van der Waals surface area (Å²) in [6.07, 6.45) is 6.04. The molecule has 98 valence electrons. The third-order valence-corrected chi connectivity index (χ3v) is 4.78. The minimum absolute atomic E-state index is 0.0679. The van der Waals surface area contributed by atoms with Crippen molar-refractivity contribution in [3.05, 3.63) is 0 Å². The Kier molecular flexibility index (Phi) is 3.76. The second kappa shape index (κ2) is 4.97. The van der Waals surface area contributed by atoms with Crippen LogP contribution in [0, 0.1) is 11.8 Å². The summed E-state index contributed by atoms with van der Waals surface area (Å²) in [6, 6.07) is 0.513. The maximum absolute atomic E-state index is 12.3. The van der Waals surface area contributed by atoms with Crippen LogP contribution in [0.1, 0.15) is 52.9 Å². The molecular weight excluding hydrogens is 212 g/mol. The largest absolute Gasteiger partial charge is 0.349 e. The van der Waals surface area contributed by atoms with Gasteiger partial charge in [0.15, 0.2) is 0 Å². The highest BCUT2D eigenvalue weighted by Crippen LogP contribution is 2.35. The fraction of sp³-hybridized carbons (Fsp3) is 0.929. The van der Waals surface area contributed by atoms with Crippen LogP contribution in [0.2, 0.25) is 0 Å². The molecule has 2 N–H and O–H groups in total. The molecule has 0 aromatic rings. The zero-order valence-corrected chi connectivity index (χ0v) is 11.4. The van der Waals surface area contributed by atoms with E-state index in [9.17, 15) is 4.79 Å². The molecule has 2 rings (SSSR count). The molecule has 0 spiro atoms.